The Labute approximate surface area is 154 Å². The van der Waals surface area contributed by atoms with Gasteiger partial charge in [-0.2, -0.15) is 0 Å². The number of amides is 1. The molecule has 0 aliphatic carbocycles. The van der Waals surface area contributed by atoms with E-state index in [-0.39, 0.29) is 5.91 Å². The van der Waals surface area contributed by atoms with Crippen LogP contribution in [-0.2, 0) is 14.8 Å². The number of fused-ring (bicyclic) bond motifs is 1. The van der Waals surface area contributed by atoms with Gasteiger partial charge >= 0.3 is 0 Å². The molecule has 1 aromatic rings. The Hall–Kier alpha value is -1.96. The molecule has 2 atom stereocenters. The van der Waals surface area contributed by atoms with Gasteiger partial charge in [-0.3, -0.25) is 9.10 Å². The average molecular weight is 382 g/mol. The second-order valence-corrected chi connectivity index (χ2v) is 8.95. The van der Waals surface area contributed by atoms with Crippen molar-refractivity contribution < 1.29 is 22.7 Å². The molecule has 0 radical (unpaired) electrons. The fourth-order valence-electron chi connectivity index (χ4n) is 3.63. The molecule has 8 heteroatoms. The Morgan fingerprint density at radius 2 is 1.96 bits per heavy atom. The van der Waals surface area contributed by atoms with Gasteiger partial charge in [0.2, 0.25) is 15.9 Å². The monoisotopic (exact) mass is 382 g/mol. The Morgan fingerprint density at radius 3 is 2.62 bits per heavy atom. The predicted molar refractivity (Wildman–Crippen MR) is 99.2 cm³/mol. The lowest BCUT2D eigenvalue weighted by molar-refractivity contribution is -0.133. The minimum absolute atomic E-state index is 0.170. The van der Waals surface area contributed by atoms with Crippen LogP contribution >= 0.6 is 0 Å². The molecule has 0 saturated carbocycles. The van der Waals surface area contributed by atoms with E-state index in [0.717, 1.165) is 19.1 Å². The summed E-state index contributed by atoms with van der Waals surface area (Å²) in [4.78, 5) is 14.7. The molecule has 1 fully saturated rings. The highest BCUT2D eigenvalue weighted by atomic mass is 32.2. The lowest BCUT2D eigenvalue weighted by Gasteiger charge is -2.36. The van der Waals surface area contributed by atoms with E-state index in [1.165, 1.54) is 4.31 Å². The first-order valence-corrected chi connectivity index (χ1v) is 10.8. The lowest BCUT2D eigenvalue weighted by Crippen LogP contribution is -2.51. The summed E-state index contributed by atoms with van der Waals surface area (Å²) in [6.07, 6.45) is 3.16. The summed E-state index contributed by atoms with van der Waals surface area (Å²) < 4.78 is 37.2. The third-order valence-corrected chi connectivity index (χ3v) is 6.06. The van der Waals surface area contributed by atoms with Gasteiger partial charge in [-0.25, -0.2) is 8.42 Å². The number of carbonyl (C=O) groups excluding carboxylic acids is 1. The fraction of sp³-hybridized carbons (Fsp3) is 0.611. The van der Waals surface area contributed by atoms with E-state index in [1.54, 1.807) is 30.0 Å². The molecule has 0 N–H and O–H groups in total. The molecule has 1 aromatic carbocycles. The highest BCUT2D eigenvalue weighted by Gasteiger charge is 2.34. The van der Waals surface area contributed by atoms with Crippen molar-refractivity contribution in [2.24, 2.45) is 5.92 Å². The lowest BCUT2D eigenvalue weighted by atomic mass is 10.00. The van der Waals surface area contributed by atoms with Crippen molar-refractivity contribution in [3.05, 3.63) is 18.2 Å². The standard InChI is InChI=1S/C18H26N2O5S/c1-13-5-4-8-19(12-13)18(21)14(2)20(26(3,22)23)15-6-7-16-17(11-15)25-10-9-24-16/h6-7,11,13-14H,4-5,8-10,12H2,1-3H3/t13-,14+/m0/s1. The van der Waals surface area contributed by atoms with Crippen molar-refractivity contribution in [2.75, 3.05) is 36.9 Å². The van der Waals surface area contributed by atoms with E-state index in [9.17, 15) is 13.2 Å². The molecule has 2 aliphatic heterocycles. The first-order valence-electron chi connectivity index (χ1n) is 8.95. The van der Waals surface area contributed by atoms with Crippen LogP contribution in [0.4, 0.5) is 5.69 Å². The van der Waals surface area contributed by atoms with Gasteiger partial charge in [-0.1, -0.05) is 6.92 Å². The second-order valence-electron chi connectivity index (χ2n) is 7.09. The Kier molecular flexibility index (Phi) is 5.32. The molecule has 0 spiro atoms. The number of rotatable bonds is 4. The third-order valence-electron chi connectivity index (χ3n) is 4.82. The zero-order valence-electron chi connectivity index (χ0n) is 15.5. The number of likely N-dealkylation sites (tertiary alicyclic amines) is 1. The van der Waals surface area contributed by atoms with Crippen molar-refractivity contribution in [1.29, 1.82) is 0 Å². The van der Waals surface area contributed by atoms with Crippen molar-refractivity contribution >= 4 is 21.6 Å². The largest absolute Gasteiger partial charge is 0.486 e. The van der Waals surface area contributed by atoms with Crippen molar-refractivity contribution in [3.8, 4) is 11.5 Å². The Morgan fingerprint density at radius 1 is 1.27 bits per heavy atom. The van der Waals surface area contributed by atoms with E-state index in [0.29, 0.717) is 49.4 Å². The molecule has 0 aromatic heterocycles. The minimum atomic E-state index is -3.65. The first-order chi connectivity index (χ1) is 12.3. The first kappa shape index (κ1) is 18.8. The molecule has 144 valence electrons. The number of nitrogens with zero attached hydrogens (tertiary/aromatic N) is 2. The summed E-state index contributed by atoms with van der Waals surface area (Å²) in [5.41, 5.74) is 0.405. The van der Waals surface area contributed by atoms with Gasteiger partial charge in [0.15, 0.2) is 11.5 Å². The summed E-state index contributed by atoms with van der Waals surface area (Å²) in [5.74, 6) is 1.34. The van der Waals surface area contributed by atoms with Crippen LogP contribution < -0.4 is 13.8 Å². The topological polar surface area (TPSA) is 76.2 Å². The molecular formula is C18H26N2O5S. The van der Waals surface area contributed by atoms with Crippen LogP contribution in [-0.4, -0.2) is 57.8 Å². The average Bonchev–Trinajstić information content (AvgIpc) is 2.60. The second kappa shape index (κ2) is 7.34. The zero-order valence-corrected chi connectivity index (χ0v) is 16.3. The summed E-state index contributed by atoms with van der Waals surface area (Å²) >= 11 is 0. The molecule has 3 rings (SSSR count). The van der Waals surface area contributed by atoms with Gasteiger partial charge in [0.1, 0.15) is 19.3 Å². The molecule has 1 amide bonds. The molecule has 2 heterocycles. The number of benzene rings is 1. The van der Waals surface area contributed by atoms with Crippen LogP contribution in [0.25, 0.3) is 0 Å². The van der Waals surface area contributed by atoms with E-state index >= 15 is 0 Å². The van der Waals surface area contributed by atoms with E-state index < -0.39 is 16.1 Å². The van der Waals surface area contributed by atoms with Crippen molar-refractivity contribution in [3.63, 3.8) is 0 Å². The Bertz CT molecular complexity index is 780. The molecule has 7 nitrogen and oxygen atoms in total. The van der Waals surface area contributed by atoms with Crippen LogP contribution in [0.15, 0.2) is 18.2 Å². The maximum Gasteiger partial charge on any atom is 0.246 e. The number of hydrogen-bond acceptors (Lipinski definition) is 5. The number of anilines is 1. The van der Waals surface area contributed by atoms with Gasteiger partial charge < -0.3 is 14.4 Å². The SMILES string of the molecule is C[C@H]1CCCN(C(=O)[C@@H](C)N(c2ccc3c(c2)OCCO3)S(C)(=O)=O)C1. The van der Waals surface area contributed by atoms with Crippen LogP contribution in [0.3, 0.4) is 0 Å². The normalized spacial score (nSPS) is 21.2. The number of hydrogen-bond donors (Lipinski definition) is 0. The minimum Gasteiger partial charge on any atom is -0.486 e. The Balaban J connectivity index is 1.90. The molecule has 0 bridgehead atoms. The van der Waals surface area contributed by atoms with Crippen LogP contribution in [0.5, 0.6) is 11.5 Å². The molecule has 1 saturated heterocycles. The number of piperidine rings is 1. The third kappa shape index (κ3) is 3.90. The van der Waals surface area contributed by atoms with E-state index in [1.807, 2.05) is 0 Å². The number of ether oxygens (including phenoxy) is 2. The molecule has 0 unspecified atom stereocenters. The zero-order chi connectivity index (χ0) is 18.9. The maximum atomic E-state index is 13.0. The highest BCUT2D eigenvalue weighted by molar-refractivity contribution is 7.92. The molecule has 2 aliphatic rings. The summed E-state index contributed by atoms with van der Waals surface area (Å²) in [6, 6.07) is 4.13. The van der Waals surface area contributed by atoms with E-state index in [4.69, 9.17) is 9.47 Å². The van der Waals surface area contributed by atoms with Gasteiger partial charge in [0.05, 0.1) is 11.9 Å². The summed E-state index contributed by atoms with van der Waals surface area (Å²) in [6.45, 7) is 5.96. The van der Waals surface area contributed by atoms with Gasteiger partial charge in [-0.05, 0) is 37.8 Å². The molecular weight excluding hydrogens is 356 g/mol. The number of carbonyl (C=O) groups is 1. The van der Waals surface area contributed by atoms with Crippen LogP contribution in [0.1, 0.15) is 26.7 Å². The van der Waals surface area contributed by atoms with Crippen LogP contribution in [0.2, 0.25) is 0 Å². The van der Waals surface area contributed by atoms with Crippen LogP contribution in [0, 0.1) is 5.92 Å². The van der Waals surface area contributed by atoms with Crippen molar-refractivity contribution in [2.45, 2.75) is 32.7 Å². The van der Waals surface area contributed by atoms with E-state index in [2.05, 4.69) is 6.92 Å². The highest BCUT2D eigenvalue weighted by Crippen LogP contribution is 2.35. The smallest absolute Gasteiger partial charge is 0.246 e. The van der Waals surface area contributed by atoms with Gasteiger partial charge in [0, 0.05) is 19.2 Å². The fourth-order valence-corrected chi connectivity index (χ4v) is 4.79. The van der Waals surface area contributed by atoms with Gasteiger partial charge in [0.25, 0.3) is 0 Å². The number of sulfonamides is 1. The summed E-state index contributed by atoms with van der Waals surface area (Å²) in [7, 11) is -3.65. The quantitative estimate of drug-likeness (QED) is 0.795. The van der Waals surface area contributed by atoms with Gasteiger partial charge in [-0.15, -0.1) is 0 Å². The molecule has 26 heavy (non-hydrogen) atoms. The maximum absolute atomic E-state index is 13.0. The summed E-state index contributed by atoms with van der Waals surface area (Å²) in [5, 5.41) is 0. The van der Waals surface area contributed by atoms with Crippen molar-refractivity contribution in [1.82, 2.24) is 4.90 Å². The predicted octanol–water partition coefficient (Wildman–Crippen LogP) is 1.87.